The molecule has 0 spiro atoms. The second-order valence-corrected chi connectivity index (χ2v) is 13.4. The second kappa shape index (κ2) is 12.5. The molecule has 1 atom stereocenters. The number of anilines is 1. The number of nitrogens with one attached hydrogen (secondary N) is 1. The van der Waals surface area contributed by atoms with Gasteiger partial charge in [-0.3, -0.25) is 4.79 Å². The maximum atomic E-state index is 13.8. The van der Waals surface area contributed by atoms with Gasteiger partial charge in [-0.05, 0) is 48.1 Å². The van der Waals surface area contributed by atoms with Crippen molar-refractivity contribution in [3.8, 4) is 0 Å². The number of rotatable bonds is 10. The average molecular weight is 585 g/mol. The molecular weight excluding hydrogens is 548 g/mol. The van der Waals surface area contributed by atoms with Crippen molar-refractivity contribution < 1.29 is 23.1 Å². The smallest absolute Gasteiger partial charge is 0.355 e. The SMILES string of the molecule is CCCc1ccc(S(=O)(=O)N2CCN(c3nc(C(=O)O)c(C)s3)CC2C(=O)NCc2ccc(C(C)C)cc2)cc1. The summed E-state index contributed by atoms with van der Waals surface area (Å²) in [6, 6.07) is 13.8. The Morgan fingerprint density at radius 2 is 1.73 bits per heavy atom. The first kappa shape index (κ1) is 29.7. The molecule has 1 fully saturated rings. The highest BCUT2D eigenvalue weighted by atomic mass is 32.2. The van der Waals surface area contributed by atoms with Crippen molar-refractivity contribution >= 4 is 38.4 Å². The van der Waals surface area contributed by atoms with Gasteiger partial charge in [0.15, 0.2) is 10.8 Å². The number of benzene rings is 2. The van der Waals surface area contributed by atoms with Crippen molar-refractivity contribution in [1.29, 1.82) is 0 Å². The molecule has 11 heteroatoms. The van der Waals surface area contributed by atoms with Crippen molar-refractivity contribution in [2.75, 3.05) is 24.5 Å². The van der Waals surface area contributed by atoms with Crippen LogP contribution in [-0.4, -0.2) is 60.4 Å². The minimum atomic E-state index is -3.97. The zero-order chi connectivity index (χ0) is 29.0. The maximum absolute atomic E-state index is 13.8. The van der Waals surface area contributed by atoms with Gasteiger partial charge in [0.05, 0.1) is 4.90 Å². The fourth-order valence-electron chi connectivity index (χ4n) is 4.74. The zero-order valence-electron chi connectivity index (χ0n) is 23.3. The van der Waals surface area contributed by atoms with E-state index in [1.807, 2.05) is 36.4 Å². The fourth-order valence-corrected chi connectivity index (χ4v) is 7.24. The number of hydrogen-bond donors (Lipinski definition) is 2. The Hall–Kier alpha value is -3.28. The average Bonchev–Trinajstić information content (AvgIpc) is 3.34. The predicted octanol–water partition coefficient (Wildman–Crippen LogP) is 4.42. The van der Waals surface area contributed by atoms with Crippen LogP contribution in [-0.2, 0) is 27.8 Å². The number of aromatic nitrogens is 1. The predicted molar refractivity (Wildman–Crippen MR) is 157 cm³/mol. The zero-order valence-corrected chi connectivity index (χ0v) is 24.9. The topological polar surface area (TPSA) is 120 Å². The molecule has 0 bridgehead atoms. The van der Waals surface area contributed by atoms with Crippen LogP contribution >= 0.6 is 11.3 Å². The molecule has 1 amide bonds. The Balaban J connectivity index is 1.59. The lowest BCUT2D eigenvalue weighted by molar-refractivity contribution is -0.125. The summed E-state index contributed by atoms with van der Waals surface area (Å²) < 4.78 is 28.8. The molecule has 9 nitrogen and oxygen atoms in total. The molecule has 40 heavy (non-hydrogen) atoms. The molecule has 0 saturated carbocycles. The molecule has 0 radical (unpaired) electrons. The van der Waals surface area contributed by atoms with Crippen LogP contribution in [0.15, 0.2) is 53.4 Å². The van der Waals surface area contributed by atoms with E-state index in [9.17, 15) is 23.1 Å². The van der Waals surface area contributed by atoms with E-state index in [-0.39, 0.29) is 36.8 Å². The van der Waals surface area contributed by atoms with E-state index in [1.165, 1.54) is 21.2 Å². The van der Waals surface area contributed by atoms with Gasteiger partial charge in [-0.2, -0.15) is 4.31 Å². The standard InChI is InChI=1S/C29H36N4O5S2/c1-5-6-21-9-13-24(14-10-21)40(37,38)33-16-15-32(29-31-26(28(35)36)20(4)39-29)18-25(33)27(34)30-17-22-7-11-23(12-8-22)19(2)3/h7-14,19,25H,5-6,15-18H2,1-4H3,(H,30,34)(H,35,36). The molecule has 0 aliphatic carbocycles. The van der Waals surface area contributed by atoms with Crippen molar-refractivity contribution in [1.82, 2.24) is 14.6 Å². The van der Waals surface area contributed by atoms with Gasteiger partial charge in [0.2, 0.25) is 15.9 Å². The number of aromatic carboxylic acids is 1. The number of carbonyl (C=O) groups is 2. The van der Waals surface area contributed by atoms with Crippen LogP contribution in [0.3, 0.4) is 0 Å². The third-order valence-electron chi connectivity index (χ3n) is 7.07. The van der Waals surface area contributed by atoms with Crippen LogP contribution in [0.2, 0.25) is 0 Å². The molecule has 1 aliphatic rings. The molecule has 1 aliphatic heterocycles. The molecule has 1 unspecified atom stereocenters. The highest BCUT2D eigenvalue weighted by Gasteiger charge is 2.41. The van der Waals surface area contributed by atoms with Gasteiger partial charge in [0.25, 0.3) is 0 Å². The summed E-state index contributed by atoms with van der Waals surface area (Å²) >= 11 is 1.22. The second-order valence-electron chi connectivity index (χ2n) is 10.3. The minimum Gasteiger partial charge on any atom is -0.476 e. The summed E-state index contributed by atoms with van der Waals surface area (Å²) in [4.78, 5) is 31.9. The van der Waals surface area contributed by atoms with Crippen LogP contribution in [0.25, 0.3) is 0 Å². The van der Waals surface area contributed by atoms with Gasteiger partial charge in [0.1, 0.15) is 6.04 Å². The van der Waals surface area contributed by atoms with Crippen molar-refractivity contribution in [2.45, 2.75) is 63.9 Å². The normalized spacial score (nSPS) is 16.3. The summed E-state index contributed by atoms with van der Waals surface area (Å²) in [5.74, 6) is -1.15. The van der Waals surface area contributed by atoms with Gasteiger partial charge in [-0.15, -0.1) is 11.3 Å². The highest BCUT2D eigenvalue weighted by molar-refractivity contribution is 7.89. The summed E-state index contributed by atoms with van der Waals surface area (Å²) in [5, 5.41) is 12.8. The molecule has 214 valence electrons. The van der Waals surface area contributed by atoms with Crippen LogP contribution in [0.4, 0.5) is 5.13 Å². The number of nitrogens with zero attached hydrogens (tertiary/aromatic N) is 3. The number of carboxylic acid groups (broad SMARTS) is 1. The molecule has 1 saturated heterocycles. The Morgan fingerprint density at radius 1 is 1.07 bits per heavy atom. The van der Waals surface area contributed by atoms with Crippen molar-refractivity contribution in [3.63, 3.8) is 0 Å². The third kappa shape index (κ3) is 6.54. The summed E-state index contributed by atoms with van der Waals surface area (Å²) in [5.41, 5.74) is 3.12. The minimum absolute atomic E-state index is 0.0342. The molecule has 3 aromatic rings. The maximum Gasteiger partial charge on any atom is 0.355 e. The molecule has 2 heterocycles. The highest BCUT2D eigenvalue weighted by Crippen LogP contribution is 2.30. The Morgan fingerprint density at radius 3 is 2.30 bits per heavy atom. The number of sulfonamides is 1. The van der Waals surface area contributed by atoms with Crippen molar-refractivity contribution in [2.24, 2.45) is 0 Å². The number of amides is 1. The van der Waals surface area contributed by atoms with E-state index < -0.39 is 27.9 Å². The van der Waals surface area contributed by atoms with Gasteiger partial charge >= 0.3 is 5.97 Å². The number of thiazole rings is 1. The number of piperazine rings is 1. The molecule has 2 N–H and O–H groups in total. The van der Waals surface area contributed by atoms with Gasteiger partial charge in [0, 0.05) is 31.1 Å². The van der Waals surface area contributed by atoms with E-state index in [0.717, 1.165) is 24.0 Å². The molecule has 2 aromatic carbocycles. The fraction of sp³-hybridized carbons (Fsp3) is 0.414. The molecule has 4 rings (SSSR count). The van der Waals surface area contributed by atoms with Gasteiger partial charge < -0.3 is 15.3 Å². The number of carboxylic acids is 1. The monoisotopic (exact) mass is 584 g/mol. The summed E-state index contributed by atoms with van der Waals surface area (Å²) in [6.45, 7) is 8.62. The molecule has 1 aromatic heterocycles. The van der Waals surface area contributed by atoms with Crippen molar-refractivity contribution in [3.05, 3.63) is 75.8 Å². The van der Waals surface area contributed by atoms with E-state index in [1.54, 1.807) is 24.0 Å². The third-order valence-corrected chi connectivity index (χ3v) is 10.0. The largest absolute Gasteiger partial charge is 0.476 e. The Bertz CT molecular complexity index is 1450. The summed E-state index contributed by atoms with van der Waals surface area (Å²) in [6.07, 6.45) is 1.81. The van der Waals surface area contributed by atoms with E-state index in [2.05, 4.69) is 31.1 Å². The van der Waals surface area contributed by atoms with E-state index in [4.69, 9.17) is 0 Å². The quantitative estimate of drug-likeness (QED) is 0.362. The Kier molecular flexibility index (Phi) is 9.27. The number of hydrogen-bond acceptors (Lipinski definition) is 7. The van der Waals surface area contributed by atoms with Crippen LogP contribution in [0.1, 0.15) is 65.2 Å². The first-order valence-electron chi connectivity index (χ1n) is 13.4. The first-order valence-corrected chi connectivity index (χ1v) is 15.7. The number of carbonyl (C=O) groups excluding carboxylic acids is 1. The summed E-state index contributed by atoms with van der Waals surface area (Å²) in [7, 11) is -3.97. The van der Waals surface area contributed by atoms with Gasteiger partial charge in [-0.25, -0.2) is 18.2 Å². The van der Waals surface area contributed by atoms with Gasteiger partial charge in [-0.1, -0.05) is 63.6 Å². The van der Waals surface area contributed by atoms with Crippen LogP contribution in [0, 0.1) is 6.92 Å². The van der Waals surface area contributed by atoms with E-state index >= 15 is 0 Å². The number of aryl methyl sites for hydroxylation is 2. The lowest BCUT2D eigenvalue weighted by Gasteiger charge is -2.39. The van der Waals surface area contributed by atoms with E-state index in [0.29, 0.717) is 15.9 Å². The lowest BCUT2D eigenvalue weighted by Crippen LogP contribution is -2.60. The Labute approximate surface area is 239 Å². The van der Waals surface area contributed by atoms with Crippen LogP contribution < -0.4 is 10.2 Å². The van der Waals surface area contributed by atoms with Crippen LogP contribution in [0.5, 0.6) is 0 Å². The molecular formula is C29H36N4O5S2. The first-order chi connectivity index (χ1) is 19.0. The lowest BCUT2D eigenvalue weighted by atomic mass is 10.0.